The van der Waals surface area contributed by atoms with Gasteiger partial charge in [-0.1, -0.05) is 12.8 Å². The monoisotopic (exact) mass is 407 g/mol. The molecule has 2 aliphatic heterocycles. The lowest BCUT2D eigenvalue weighted by molar-refractivity contribution is -0.387. The molecular formula is C18H25N5O6. The molecule has 0 spiro atoms. The first-order valence-electron chi connectivity index (χ1n) is 9.92. The topological polar surface area (TPSA) is 128 Å². The first kappa shape index (κ1) is 20.7. The highest BCUT2D eigenvalue weighted by atomic mass is 16.6. The molecule has 0 atom stereocenters. The number of aromatic nitrogens is 2. The Bertz CT molecular complexity index is 920. The van der Waals surface area contributed by atoms with Crippen LogP contribution in [0.3, 0.4) is 0 Å². The maximum Gasteiger partial charge on any atom is 0.350 e. The Balaban J connectivity index is 1.98. The normalized spacial score (nSPS) is 18.5. The van der Waals surface area contributed by atoms with Crippen LogP contribution in [-0.4, -0.2) is 48.8 Å². The zero-order chi connectivity index (χ0) is 21.0. The average Bonchev–Trinajstić information content (AvgIpc) is 3.01. The van der Waals surface area contributed by atoms with E-state index in [1.165, 1.54) is 9.80 Å². The molecule has 29 heavy (non-hydrogen) atoms. The number of nitro groups is 1. The van der Waals surface area contributed by atoms with Crippen molar-refractivity contribution in [3.05, 3.63) is 37.1 Å². The molecule has 0 unspecified atom stereocenters. The number of hydrogen-bond donors (Lipinski definition) is 0. The fourth-order valence-corrected chi connectivity index (χ4v) is 3.72. The molecule has 2 saturated heterocycles. The minimum Gasteiger partial charge on any atom is -0.324 e. The van der Waals surface area contributed by atoms with Crippen LogP contribution < -0.4 is 11.2 Å². The molecule has 0 N–H and O–H groups in total. The lowest BCUT2D eigenvalue weighted by atomic mass is 10.2. The van der Waals surface area contributed by atoms with E-state index in [2.05, 4.69) is 0 Å². The largest absolute Gasteiger partial charge is 0.350 e. The van der Waals surface area contributed by atoms with Crippen molar-refractivity contribution in [1.82, 2.24) is 18.9 Å². The quantitative estimate of drug-likeness (QED) is 0.520. The van der Waals surface area contributed by atoms with Gasteiger partial charge in [-0.05, 0) is 25.7 Å². The molecule has 2 fully saturated rings. The molecular weight excluding hydrogens is 382 g/mol. The Morgan fingerprint density at radius 3 is 1.93 bits per heavy atom. The fraction of sp³-hybridized carbons (Fsp3) is 0.667. The maximum atomic E-state index is 12.9. The molecule has 11 nitrogen and oxygen atoms in total. The van der Waals surface area contributed by atoms with E-state index in [4.69, 9.17) is 0 Å². The zero-order valence-corrected chi connectivity index (χ0v) is 16.2. The molecule has 0 bridgehead atoms. The first-order chi connectivity index (χ1) is 13.9. The fourth-order valence-electron chi connectivity index (χ4n) is 3.72. The van der Waals surface area contributed by atoms with Crippen LogP contribution in [0.1, 0.15) is 51.4 Å². The lowest BCUT2D eigenvalue weighted by Gasteiger charge is -2.24. The van der Waals surface area contributed by atoms with Gasteiger partial charge in [-0.3, -0.25) is 29.1 Å². The first-order valence-corrected chi connectivity index (χ1v) is 9.92. The standard InChI is InChI=1S/C18H25N5O6/c24-15-7-3-1-5-9-19(15)12-21-11-14(23(28)29)17(26)22(18(21)27)13-20-10-6-2-4-8-16(20)25/h11H,1-10,12-13H2. The second kappa shape index (κ2) is 9.01. The van der Waals surface area contributed by atoms with Crippen molar-refractivity contribution >= 4 is 17.5 Å². The van der Waals surface area contributed by atoms with Crippen LogP contribution in [0.4, 0.5) is 5.69 Å². The Morgan fingerprint density at radius 1 is 0.828 bits per heavy atom. The highest BCUT2D eigenvalue weighted by molar-refractivity contribution is 5.76. The summed E-state index contributed by atoms with van der Waals surface area (Å²) in [4.78, 5) is 63.4. The van der Waals surface area contributed by atoms with Gasteiger partial charge in [0.15, 0.2) is 0 Å². The predicted octanol–water partition coefficient (Wildman–Crippen LogP) is 0.638. The van der Waals surface area contributed by atoms with Crippen LogP contribution >= 0.6 is 0 Å². The van der Waals surface area contributed by atoms with Gasteiger partial charge in [0.25, 0.3) is 0 Å². The van der Waals surface area contributed by atoms with Crippen LogP contribution in [0.25, 0.3) is 0 Å². The van der Waals surface area contributed by atoms with Gasteiger partial charge in [-0.25, -0.2) is 9.36 Å². The Labute approximate surface area is 166 Å². The van der Waals surface area contributed by atoms with Gasteiger partial charge in [-0.15, -0.1) is 0 Å². The van der Waals surface area contributed by atoms with E-state index in [0.717, 1.165) is 53.9 Å². The molecule has 0 aromatic carbocycles. The summed E-state index contributed by atoms with van der Waals surface area (Å²) in [6, 6.07) is 0. The summed E-state index contributed by atoms with van der Waals surface area (Å²) in [6.45, 7) is 0.347. The lowest BCUT2D eigenvalue weighted by Crippen LogP contribution is -2.48. The van der Waals surface area contributed by atoms with Gasteiger partial charge >= 0.3 is 16.9 Å². The highest BCUT2D eigenvalue weighted by Crippen LogP contribution is 2.13. The summed E-state index contributed by atoms with van der Waals surface area (Å²) in [5.41, 5.74) is -2.57. The van der Waals surface area contributed by atoms with Crippen LogP contribution in [0.5, 0.6) is 0 Å². The number of rotatable bonds is 5. The summed E-state index contributed by atoms with van der Waals surface area (Å²) in [7, 11) is 0. The summed E-state index contributed by atoms with van der Waals surface area (Å²) < 4.78 is 1.74. The second-order valence-electron chi connectivity index (χ2n) is 7.48. The summed E-state index contributed by atoms with van der Waals surface area (Å²) >= 11 is 0. The van der Waals surface area contributed by atoms with E-state index >= 15 is 0 Å². The smallest absolute Gasteiger partial charge is 0.324 e. The van der Waals surface area contributed by atoms with E-state index in [-0.39, 0.29) is 25.2 Å². The zero-order valence-electron chi connectivity index (χ0n) is 16.2. The maximum absolute atomic E-state index is 12.9. The van der Waals surface area contributed by atoms with Gasteiger partial charge in [-0.2, -0.15) is 0 Å². The van der Waals surface area contributed by atoms with Crippen molar-refractivity contribution < 1.29 is 14.5 Å². The minimum absolute atomic E-state index is 0.127. The highest BCUT2D eigenvalue weighted by Gasteiger charge is 2.25. The van der Waals surface area contributed by atoms with Crippen LogP contribution in [0.2, 0.25) is 0 Å². The summed E-state index contributed by atoms with van der Waals surface area (Å²) in [5.74, 6) is -0.313. The van der Waals surface area contributed by atoms with Crippen molar-refractivity contribution in [2.45, 2.75) is 64.7 Å². The predicted molar refractivity (Wildman–Crippen MR) is 102 cm³/mol. The molecule has 1 aromatic heterocycles. The molecule has 1 aromatic rings. The summed E-state index contributed by atoms with van der Waals surface area (Å²) in [6.07, 6.45) is 6.36. The summed E-state index contributed by atoms with van der Waals surface area (Å²) in [5, 5.41) is 11.4. The van der Waals surface area contributed by atoms with E-state index in [1.54, 1.807) is 0 Å². The van der Waals surface area contributed by atoms with Crippen LogP contribution in [0.15, 0.2) is 15.8 Å². The molecule has 2 amide bonds. The van der Waals surface area contributed by atoms with E-state index in [0.29, 0.717) is 25.9 Å². The molecule has 3 rings (SSSR count). The molecule has 0 saturated carbocycles. The van der Waals surface area contributed by atoms with Crippen molar-refractivity contribution in [2.24, 2.45) is 0 Å². The Morgan fingerprint density at radius 2 is 1.38 bits per heavy atom. The Hall–Kier alpha value is -2.98. The average molecular weight is 407 g/mol. The van der Waals surface area contributed by atoms with Crippen molar-refractivity contribution in [3.8, 4) is 0 Å². The second-order valence-corrected chi connectivity index (χ2v) is 7.48. The van der Waals surface area contributed by atoms with E-state index in [1.807, 2.05) is 0 Å². The van der Waals surface area contributed by atoms with Crippen LogP contribution in [-0.2, 0) is 22.9 Å². The Kier molecular flexibility index (Phi) is 6.45. The molecule has 2 aliphatic rings. The van der Waals surface area contributed by atoms with Crippen molar-refractivity contribution in [1.29, 1.82) is 0 Å². The van der Waals surface area contributed by atoms with Gasteiger partial charge in [0, 0.05) is 25.9 Å². The van der Waals surface area contributed by atoms with Crippen molar-refractivity contribution in [3.63, 3.8) is 0 Å². The third-order valence-corrected chi connectivity index (χ3v) is 5.39. The number of carbonyl (C=O) groups excluding carboxylic acids is 2. The third-order valence-electron chi connectivity index (χ3n) is 5.39. The molecule has 0 radical (unpaired) electrons. The number of carbonyl (C=O) groups is 2. The van der Waals surface area contributed by atoms with Gasteiger partial charge in [0.1, 0.15) is 13.3 Å². The van der Waals surface area contributed by atoms with Crippen LogP contribution in [0, 0.1) is 10.1 Å². The molecule has 158 valence electrons. The third kappa shape index (κ3) is 4.72. The van der Waals surface area contributed by atoms with E-state index < -0.39 is 21.9 Å². The SMILES string of the molecule is O=C1CCCCCN1Cn1cc([N+](=O)[O-])c(=O)n(CN2CCCCCC2=O)c1=O. The molecule has 0 aliphatic carbocycles. The van der Waals surface area contributed by atoms with Gasteiger partial charge < -0.3 is 9.80 Å². The number of nitrogens with zero attached hydrogens (tertiary/aromatic N) is 5. The van der Waals surface area contributed by atoms with Crippen molar-refractivity contribution in [2.75, 3.05) is 13.1 Å². The number of likely N-dealkylation sites (tertiary alicyclic amines) is 2. The molecule has 11 heteroatoms. The molecule has 3 heterocycles. The number of hydrogen-bond acceptors (Lipinski definition) is 6. The number of amides is 2. The minimum atomic E-state index is -1.05. The van der Waals surface area contributed by atoms with Gasteiger partial charge in [0.05, 0.1) is 11.1 Å². The van der Waals surface area contributed by atoms with E-state index in [9.17, 15) is 29.3 Å². The van der Waals surface area contributed by atoms with Gasteiger partial charge in [0.2, 0.25) is 11.8 Å².